The molecule has 1 unspecified atom stereocenters. The summed E-state index contributed by atoms with van der Waals surface area (Å²) in [7, 11) is 0. The maximum absolute atomic E-state index is 5.70. The Morgan fingerprint density at radius 3 is 2.57 bits per heavy atom. The molecular formula is C17H17Br3O. The van der Waals surface area contributed by atoms with Gasteiger partial charge in [0.15, 0.2) is 0 Å². The van der Waals surface area contributed by atoms with E-state index in [1.807, 2.05) is 6.07 Å². The van der Waals surface area contributed by atoms with Gasteiger partial charge in [0.2, 0.25) is 0 Å². The monoisotopic (exact) mass is 474 g/mol. The first-order valence-electron chi connectivity index (χ1n) is 6.86. The summed E-state index contributed by atoms with van der Waals surface area (Å²) < 4.78 is 7.83. The Bertz CT molecular complexity index is 625. The molecule has 112 valence electrons. The topological polar surface area (TPSA) is 9.23 Å². The van der Waals surface area contributed by atoms with Gasteiger partial charge in [0, 0.05) is 4.47 Å². The van der Waals surface area contributed by atoms with Crippen LogP contribution in [-0.4, -0.2) is 6.61 Å². The van der Waals surface area contributed by atoms with Crippen molar-refractivity contribution in [3.8, 4) is 5.75 Å². The van der Waals surface area contributed by atoms with Gasteiger partial charge in [-0.3, -0.25) is 0 Å². The standard InChI is InChI=1S/C17H17Br3O/c1-3-9-21-15-8-7-12(10-14(15)18)17(20)13-6-4-5-11(2)16(13)19/h4-8,10,17H,3,9H2,1-2H3. The van der Waals surface area contributed by atoms with E-state index in [1.165, 1.54) is 16.7 Å². The van der Waals surface area contributed by atoms with E-state index in [2.05, 4.69) is 92.0 Å². The van der Waals surface area contributed by atoms with Crippen LogP contribution in [0.4, 0.5) is 0 Å². The van der Waals surface area contributed by atoms with Gasteiger partial charge < -0.3 is 4.74 Å². The average molecular weight is 477 g/mol. The van der Waals surface area contributed by atoms with Crippen molar-refractivity contribution in [3.05, 3.63) is 62.0 Å². The summed E-state index contributed by atoms with van der Waals surface area (Å²) in [6.07, 6.45) is 1.01. The fourth-order valence-electron chi connectivity index (χ4n) is 2.05. The highest BCUT2D eigenvalue weighted by Gasteiger charge is 2.16. The second-order valence-electron chi connectivity index (χ2n) is 4.88. The molecule has 0 aliphatic heterocycles. The molecule has 0 aliphatic rings. The summed E-state index contributed by atoms with van der Waals surface area (Å²) in [6.45, 7) is 4.94. The molecule has 0 amide bonds. The molecule has 0 radical (unpaired) electrons. The third-order valence-corrected chi connectivity index (χ3v) is 5.93. The Morgan fingerprint density at radius 1 is 1.14 bits per heavy atom. The van der Waals surface area contributed by atoms with Crippen LogP contribution in [0.15, 0.2) is 45.3 Å². The molecule has 0 bridgehead atoms. The van der Waals surface area contributed by atoms with Crippen molar-refractivity contribution in [2.24, 2.45) is 0 Å². The van der Waals surface area contributed by atoms with Gasteiger partial charge in [0.05, 0.1) is 15.9 Å². The SMILES string of the molecule is CCCOc1ccc(C(Br)c2cccc(C)c2Br)cc1Br. The van der Waals surface area contributed by atoms with Crippen molar-refractivity contribution < 1.29 is 4.74 Å². The van der Waals surface area contributed by atoms with Crippen molar-refractivity contribution >= 4 is 47.8 Å². The lowest BCUT2D eigenvalue weighted by Crippen LogP contribution is -1.98. The summed E-state index contributed by atoms with van der Waals surface area (Å²) in [4.78, 5) is 0.142. The maximum Gasteiger partial charge on any atom is 0.133 e. The van der Waals surface area contributed by atoms with Crippen LogP contribution in [0.3, 0.4) is 0 Å². The Hall–Kier alpha value is -0.320. The Morgan fingerprint density at radius 2 is 1.90 bits per heavy atom. The molecule has 2 aromatic carbocycles. The first-order valence-corrected chi connectivity index (χ1v) is 9.36. The minimum Gasteiger partial charge on any atom is -0.492 e. The molecule has 2 rings (SSSR count). The number of hydrogen-bond acceptors (Lipinski definition) is 1. The zero-order valence-electron chi connectivity index (χ0n) is 12.0. The van der Waals surface area contributed by atoms with Crippen LogP contribution >= 0.6 is 47.8 Å². The van der Waals surface area contributed by atoms with E-state index in [-0.39, 0.29) is 4.83 Å². The van der Waals surface area contributed by atoms with Crippen LogP contribution in [0.1, 0.15) is 34.9 Å². The van der Waals surface area contributed by atoms with Gasteiger partial charge in [-0.1, -0.05) is 63.0 Å². The molecule has 0 aliphatic carbocycles. The fourth-order valence-corrected chi connectivity index (χ4v) is 4.03. The third-order valence-electron chi connectivity index (χ3n) is 3.21. The Balaban J connectivity index is 2.29. The molecule has 0 aromatic heterocycles. The lowest BCUT2D eigenvalue weighted by molar-refractivity contribution is 0.315. The third kappa shape index (κ3) is 4.11. The molecule has 0 N–H and O–H groups in total. The normalized spacial score (nSPS) is 12.2. The van der Waals surface area contributed by atoms with Gasteiger partial charge in [-0.25, -0.2) is 0 Å². The summed E-state index contributed by atoms with van der Waals surface area (Å²) in [5.74, 6) is 0.892. The molecule has 0 spiro atoms. The minimum atomic E-state index is 0.142. The summed E-state index contributed by atoms with van der Waals surface area (Å²) in [5.41, 5.74) is 3.65. The number of hydrogen-bond donors (Lipinski definition) is 0. The zero-order chi connectivity index (χ0) is 15.4. The average Bonchev–Trinajstić information content (AvgIpc) is 2.48. The molecule has 21 heavy (non-hydrogen) atoms. The van der Waals surface area contributed by atoms with Crippen LogP contribution in [0, 0.1) is 6.92 Å². The molecule has 0 heterocycles. The predicted molar refractivity (Wildman–Crippen MR) is 99.6 cm³/mol. The molecule has 1 nitrogen and oxygen atoms in total. The van der Waals surface area contributed by atoms with Crippen LogP contribution in [-0.2, 0) is 0 Å². The number of aryl methyl sites for hydroxylation is 1. The number of halogens is 3. The lowest BCUT2D eigenvalue weighted by Gasteiger charge is -2.16. The smallest absolute Gasteiger partial charge is 0.133 e. The first kappa shape index (κ1) is 17.0. The Kier molecular flexibility index (Phi) is 6.33. The summed E-state index contributed by atoms with van der Waals surface area (Å²) in [5, 5.41) is 0. The molecule has 1 atom stereocenters. The van der Waals surface area contributed by atoms with Crippen LogP contribution in [0.25, 0.3) is 0 Å². The minimum absolute atomic E-state index is 0.142. The van der Waals surface area contributed by atoms with Crippen LogP contribution in [0.5, 0.6) is 5.75 Å². The molecule has 0 fully saturated rings. The second-order valence-corrected chi connectivity index (χ2v) is 7.44. The van der Waals surface area contributed by atoms with Crippen molar-refractivity contribution in [1.82, 2.24) is 0 Å². The van der Waals surface area contributed by atoms with Gasteiger partial charge in [-0.05, 0) is 58.1 Å². The van der Waals surface area contributed by atoms with E-state index in [1.54, 1.807) is 0 Å². The molecule has 2 aromatic rings. The molecular weight excluding hydrogens is 460 g/mol. The summed E-state index contributed by atoms with van der Waals surface area (Å²) >= 11 is 11.1. The van der Waals surface area contributed by atoms with Gasteiger partial charge in [0.1, 0.15) is 5.75 Å². The van der Waals surface area contributed by atoms with E-state index in [0.29, 0.717) is 0 Å². The molecule has 4 heteroatoms. The van der Waals surface area contributed by atoms with Crippen LogP contribution < -0.4 is 4.74 Å². The van der Waals surface area contributed by atoms with E-state index >= 15 is 0 Å². The maximum atomic E-state index is 5.70. The van der Waals surface area contributed by atoms with E-state index in [4.69, 9.17) is 4.74 Å². The van der Waals surface area contributed by atoms with E-state index in [9.17, 15) is 0 Å². The van der Waals surface area contributed by atoms with Crippen LogP contribution in [0.2, 0.25) is 0 Å². The Labute approximate surface area is 151 Å². The van der Waals surface area contributed by atoms with Gasteiger partial charge in [-0.15, -0.1) is 0 Å². The lowest BCUT2D eigenvalue weighted by atomic mass is 10.0. The van der Waals surface area contributed by atoms with Gasteiger partial charge in [0.25, 0.3) is 0 Å². The quantitative estimate of drug-likeness (QED) is 0.431. The number of alkyl halides is 1. The van der Waals surface area contributed by atoms with Crippen molar-refractivity contribution in [2.75, 3.05) is 6.61 Å². The first-order chi connectivity index (χ1) is 10.0. The van der Waals surface area contributed by atoms with Gasteiger partial charge in [-0.2, -0.15) is 0 Å². The summed E-state index contributed by atoms with van der Waals surface area (Å²) in [6, 6.07) is 12.5. The molecule has 0 saturated heterocycles. The van der Waals surface area contributed by atoms with Crippen molar-refractivity contribution in [2.45, 2.75) is 25.1 Å². The highest BCUT2D eigenvalue weighted by atomic mass is 79.9. The second kappa shape index (κ2) is 7.80. The number of rotatable bonds is 5. The van der Waals surface area contributed by atoms with E-state index < -0.39 is 0 Å². The van der Waals surface area contributed by atoms with Crippen molar-refractivity contribution in [1.29, 1.82) is 0 Å². The number of benzene rings is 2. The van der Waals surface area contributed by atoms with Crippen molar-refractivity contribution in [3.63, 3.8) is 0 Å². The molecule has 0 saturated carbocycles. The predicted octanol–water partition coefficient (Wildman–Crippen LogP) is 6.79. The van der Waals surface area contributed by atoms with Gasteiger partial charge >= 0.3 is 0 Å². The largest absolute Gasteiger partial charge is 0.492 e. The fraction of sp³-hybridized carbons (Fsp3) is 0.294. The number of ether oxygens (including phenoxy) is 1. The highest BCUT2D eigenvalue weighted by molar-refractivity contribution is 9.11. The van der Waals surface area contributed by atoms with E-state index in [0.717, 1.165) is 27.7 Å². The highest BCUT2D eigenvalue weighted by Crippen LogP contribution is 2.39. The zero-order valence-corrected chi connectivity index (χ0v) is 16.8.